The van der Waals surface area contributed by atoms with Gasteiger partial charge in [0.25, 0.3) is 10.0 Å². The third kappa shape index (κ3) is 3.19. The molecule has 0 aliphatic carbocycles. The highest BCUT2D eigenvalue weighted by Gasteiger charge is 2.18. The molecule has 26 heavy (non-hydrogen) atoms. The van der Waals surface area contributed by atoms with E-state index in [1.807, 2.05) is 6.92 Å². The van der Waals surface area contributed by atoms with Crippen LogP contribution in [-0.4, -0.2) is 27.2 Å². The van der Waals surface area contributed by atoms with E-state index >= 15 is 0 Å². The molecule has 138 valence electrons. The van der Waals surface area contributed by atoms with Crippen LogP contribution >= 0.6 is 11.3 Å². The molecule has 1 aromatic heterocycles. The van der Waals surface area contributed by atoms with Crippen LogP contribution in [0.15, 0.2) is 45.7 Å². The predicted octanol–water partition coefficient (Wildman–Crippen LogP) is 3.17. The van der Waals surface area contributed by atoms with Gasteiger partial charge >= 0.3 is 0 Å². The number of fused-ring (bicyclic) bond motifs is 1. The van der Waals surface area contributed by atoms with E-state index < -0.39 is 15.8 Å². The summed E-state index contributed by atoms with van der Waals surface area (Å²) in [5, 5.41) is 0. The number of methoxy groups -OCH3 is 2. The molecule has 2 aromatic carbocycles. The van der Waals surface area contributed by atoms with Crippen molar-refractivity contribution in [1.82, 2.24) is 4.57 Å². The number of ether oxygens (including phenoxy) is 2. The van der Waals surface area contributed by atoms with Gasteiger partial charge in [-0.3, -0.25) is 0 Å². The Kier molecular flexibility index (Phi) is 5.01. The van der Waals surface area contributed by atoms with Crippen molar-refractivity contribution in [2.24, 2.45) is 4.40 Å². The SMILES string of the molecule is CCn1/c(=N/S(=O)(=O)c2ccc(F)cc2)sc2c(OC)ccc(OC)c21. The van der Waals surface area contributed by atoms with Crippen LogP contribution in [0, 0.1) is 5.82 Å². The summed E-state index contributed by atoms with van der Waals surface area (Å²) in [5.74, 6) is 0.692. The molecule has 3 aromatic rings. The minimum Gasteiger partial charge on any atom is -0.495 e. The summed E-state index contributed by atoms with van der Waals surface area (Å²) in [6.45, 7) is 2.37. The van der Waals surface area contributed by atoms with Crippen LogP contribution in [0.2, 0.25) is 0 Å². The van der Waals surface area contributed by atoms with Gasteiger partial charge in [-0.05, 0) is 43.3 Å². The lowest BCUT2D eigenvalue weighted by Gasteiger charge is -2.08. The minimum absolute atomic E-state index is 0.0714. The summed E-state index contributed by atoms with van der Waals surface area (Å²) < 4.78 is 55.5. The number of nitrogens with zero attached hydrogens (tertiary/aromatic N) is 2. The topological polar surface area (TPSA) is 69.9 Å². The third-order valence-electron chi connectivity index (χ3n) is 3.82. The Labute approximate surface area is 154 Å². The molecule has 0 aliphatic rings. The van der Waals surface area contributed by atoms with Gasteiger partial charge in [-0.15, -0.1) is 4.40 Å². The van der Waals surface area contributed by atoms with E-state index in [0.29, 0.717) is 23.6 Å². The van der Waals surface area contributed by atoms with E-state index in [1.165, 1.54) is 23.5 Å². The first kappa shape index (κ1) is 18.4. The number of hydrogen-bond acceptors (Lipinski definition) is 5. The predicted molar refractivity (Wildman–Crippen MR) is 97.7 cm³/mol. The first-order valence-corrected chi connectivity index (χ1v) is 9.97. The maximum absolute atomic E-state index is 13.1. The standard InChI is InChI=1S/C17H17FN2O4S2/c1-4-20-15-13(23-2)9-10-14(24-3)16(15)25-17(20)19-26(21,22)12-7-5-11(18)6-8-12/h5-10H,4H2,1-3H3/b19-17-. The van der Waals surface area contributed by atoms with E-state index in [9.17, 15) is 12.8 Å². The van der Waals surface area contributed by atoms with Gasteiger partial charge in [0.2, 0.25) is 4.80 Å². The van der Waals surface area contributed by atoms with Crippen molar-refractivity contribution in [3.8, 4) is 11.5 Å². The Morgan fingerprint density at radius 2 is 1.69 bits per heavy atom. The molecule has 0 bridgehead atoms. The highest BCUT2D eigenvalue weighted by molar-refractivity contribution is 7.90. The molecular weight excluding hydrogens is 379 g/mol. The molecule has 0 saturated carbocycles. The smallest absolute Gasteiger partial charge is 0.285 e. The fourth-order valence-electron chi connectivity index (χ4n) is 2.58. The lowest BCUT2D eigenvalue weighted by molar-refractivity contribution is 0.409. The molecular formula is C17H17FN2O4S2. The van der Waals surface area contributed by atoms with Gasteiger partial charge in [0.15, 0.2) is 0 Å². The van der Waals surface area contributed by atoms with E-state index in [2.05, 4.69) is 4.40 Å². The number of halogens is 1. The van der Waals surface area contributed by atoms with Crippen molar-refractivity contribution in [3.63, 3.8) is 0 Å². The van der Waals surface area contributed by atoms with Gasteiger partial charge in [-0.2, -0.15) is 8.42 Å². The summed E-state index contributed by atoms with van der Waals surface area (Å²) in [6.07, 6.45) is 0. The Balaban J connectivity index is 2.31. The Morgan fingerprint density at radius 1 is 1.08 bits per heavy atom. The first-order valence-electron chi connectivity index (χ1n) is 7.72. The highest BCUT2D eigenvalue weighted by atomic mass is 32.2. The van der Waals surface area contributed by atoms with Gasteiger partial charge in [-0.25, -0.2) is 4.39 Å². The number of aryl methyl sites for hydroxylation is 1. The highest BCUT2D eigenvalue weighted by Crippen LogP contribution is 2.35. The zero-order valence-corrected chi connectivity index (χ0v) is 16.0. The van der Waals surface area contributed by atoms with E-state index in [0.717, 1.165) is 16.8 Å². The quantitative estimate of drug-likeness (QED) is 0.664. The number of hydrogen-bond donors (Lipinski definition) is 0. The lowest BCUT2D eigenvalue weighted by atomic mass is 10.3. The van der Waals surface area contributed by atoms with Crippen LogP contribution in [0.25, 0.3) is 10.2 Å². The number of benzene rings is 2. The zero-order valence-electron chi connectivity index (χ0n) is 14.4. The molecule has 1 heterocycles. The van der Waals surface area contributed by atoms with Crippen LogP contribution in [0.1, 0.15) is 6.92 Å². The monoisotopic (exact) mass is 396 g/mol. The normalized spacial score (nSPS) is 12.5. The average Bonchev–Trinajstić information content (AvgIpc) is 2.98. The third-order valence-corrected chi connectivity index (χ3v) is 6.31. The fourth-order valence-corrected chi connectivity index (χ4v) is 4.99. The summed E-state index contributed by atoms with van der Waals surface area (Å²) >= 11 is 1.19. The molecule has 0 atom stereocenters. The van der Waals surface area contributed by atoms with Crippen LogP contribution in [0.4, 0.5) is 4.39 Å². The van der Waals surface area contributed by atoms with Crippen LogP contribution in [0.3, 0.4) is 0 Å². The molecule has 0 radical (unpaired) electrons. The minimum atomic E-state index is -3.98. The maximum atomic E-state index is 13.1. The van der Waals surface area contributed by atoms with Gasteiger partial charge in [0, 0.05) is 6.54 Å². The molecule has 0 N–H and O–H groups in total. The van der Waals surface area contributed by atoms with Crippen molar-refractivity contribution in [2.45, 2.75) is 18.4 Å². The summed E-state index contributed by atoms with van der Waals surface area (Å²) in [4.78, 5) is 0.215. The largest absolute Gasteiger partial charge is 0.495 e. The molecule has 9 heteroatoms. The number of aromatic nitrogens is 1. The summed E-state index contributed by atoms with van der Waals surface area (Å²) in [6, 6.07) is 8.09. The van der Waals surface area contributed by atoms with Crippen LogP contribution < -0.4 is 14.3 Å². The van der Waals surface area contributed by atoms with Gasteiger partial charge in [0.05, 0.1) is 19.1 Å². The van der Waals surface area contributed by atoms with Crippen LogP contribution in [0.5, 0.6) is 11.5 Å². The van der Waals surface area contributed by atoms with Crippen molar-refractivity contribution in [3.05, 3.63) is 47.0 Å². The second-order valence-corrected chi connectivity index (χ2v) is 7.88. The first-order chi connectivity index (χ1) is 12.4. The van der Waals surface area contributed by atoms with Crippen molar-refractivity contribution in [1.29, 1.82) is 0 Å². The van der Waals surface area contributed by atoms with Crippen molar-refractivity contribution >= 4 is 31.6 Å². The average molecular weight is 396 g/mol. The number of thiazole rings is 1. The molecule has 0 unspecified atom stereocenters. The molecule has 0 aliphatic heterocycles. The fraction of sp³-hybridized carbons (Fsp3) is 0.235. The Morgan fingerprint density at radius 3 is 2.27 bits per heavy atom. The summed E-state index contributed by atoms with van der Waals surface area (Å²) in [5.41, 5.74) is 0.715. The van der Waals surface area contributed by atoms with E-state index in [4.69, 9.17) is 9.47 Å². The lowest BCUT2D eigenvalue weighted by Crippen LogP contribution is -2.16. The van der Waals surface area contributed by atoms with Gasteiger partial charge in [0.1, 0.15) is 27.5 Å². The maximum Gasteiger partial charge on any atom is 0.285 e. The van der Waals surface area contributed by atoms with Crippen LogP contribution in [-0.2, 0) is 16.6 Å². The number of sulfonamides is 1. The van der Waals surface area contributed by atoms with E-state index in [1.54, 1.807) is 30.9 Å². The second-order valence-electron chi connectivity index (χ2n) is 5.30. The van der Waals surface area contributed by atoms with Gasteiger partial charge < -0.3 is 14.0 Å². The summed E-state index contributed by atoms with van der Waals surface area (Å²) in [7, 11) is -0.892. The molecule has 0 amide bonds. The Bertz CT molecular complexity index is 1120. The van der Waals surface area contributed by atoms with Crippen molar-refractivity contribution < 1.29 is 22.3 Å². The molecule has 0 spiro atoms. The zero-order chi connectivity index (χ0) is 18.9. The second kappa shape index (κ2) is 7.08. The molecule has 6 nitrogen and oxygen atoms in total. The van der Waals surface area contributed by atoms with Gasteiger partial charge in [-0.1, -0.05) is 11.3 Å². The Hall–Kier alpha value is -2.39. The van der Waals surface area contributed by atoms with Crippen molar-refractivity contribution in [2.75, 3.05) is 14.2 Å². The van der Waals surface area contributed by atoms with E-state index in [-0.39, 0.29) is 9.70 Å². The number of rotatable bonds is 5. The molecule has 0 fully saturated rings. The molecule has 0 saturated heterocycles. The molecule has 3 rings (SSSR count).